The van der Waals surface area contributed by atoms with Gasteiger partial charge in [0.05, 0.1) is 15.5 Å². The Hall–Kier alpha value is -3.35. The number of H-pyrrole nitrogens is 1. The molecule has 0 amide bonds. The molecule has 0 radical (unpaired) electrons. The largest absolute Gasteiger partial charge is 0.510 e. The van der Waals surface area contributed by atoms with Gasteiger partial charge in [-0.25, -0.2) is 14.9 Å². The first-order chi connectivity index (χ1) is 15.1. The molecule has 1 atom stereocenters. The lowest BCUT2D eigenvalue weighted by atomic mass is 10.1. The van der Waals surface area contributed by atoms with Gasteiger partial charge >= 0.3 is 5.69 Å². The summed E-state index contributed by atoms with van der Waals surface area (Å²) in [7, 11) is 0. The Morgan fingerprint density at radius 3 is 2.74 bits per heavy atom. The van der Waals surface area contributed by atoms with Gasteiger partial charge in [0.25, 0.3) is 0 Å². The number of aromatic nitrogens is 4. The van der Waals surface area contributed by atoms with Crippen LogP contribution in [0.1, 0.15) is 17.5 Å². The molecule has 0 saturated heterocycles. The first-order valence-electron chi connectivity index (χ1n) is 9.61. The molecule has 2 aromatic carbocycles. The van der Waals surface area contributed by atoms with E-state index in [1.54, 1.807) is 11.5 Å². The van der Waals surface area contributed by atoms with Gasteiger partial charge in [-0.1, -0.05) is 54.2 Å². The second-order valence-corrected chi connectivity index (χ2v) is 9.16. The van der Waals surface area contributed by atoms with E-state index in [9.17, 15) is 15.2 Å². The molecule has 0 spiro atoms. The van der Waals surface area contributed by atoms with E-state index in [-0.39, 0.29) is 17.0 Å². The fourth-order valence-corrected chi connectivity index (χ4v) is 5.00. The summed E-state index contributed by atoms with van der Waals surface area (Å²) in [5.41, 5.74) is 1.73. The van der Waals surface area contributed by atoms with E-state index in [1.807, 2.05) is 54.6 Å². The number of para-hydroxylation sites is 1. The summed E-state index contributed by atoms with van der Waals surface area (Å²) in [5.74, 6) is -0.0865. The highest BCUT2D eigenvalue weighted by atomic mass is 32.2. The molecular formula is C22H19N5O2S2. The average Bonchev–Trinajstić information content (AvgIpc) is 3.36. The summed E-state index contributed by atoms with van der Waals surface area (Å²) >= 11 is 2.58. The zero-order valence-corrected chi connectivity index (χ0v) is 18.3. The van der Waals surface area contributed by atoms with Crippen molar-refractivity contribution in [2.75, 3.05) is 0 Å². The monoisotopic (exact) mass is 449 g/mol. The summed E-state index contributed by atoms with van der Waals surface area (Å²) in [5, 5.41) is 27.5. The maximum Gasteiger partial charge on any atom is 0.343 e. The number of benzene rings is 2. The molecule has 0 saturated carbocycles. The Morgan fingerprint density at radius 1 is 1.26 bits per heavy atom. The molecule has 2 aromatic heterocycles. The lowest BCUT2D eigenvalue weighted by Gasteiger charge is -2.12. The molecule has 0 aliphatic heterocycles. The maximum absolute atomic E-state index is 12.2. The minimum absolute atomic E-state index is 0.0865. The molecule has 31 heavy (non-hydrogen) atoms. The third kappa shape index (κ3) is 4.55. The number of aliphatic hydroxyl groups is 1. The summed E-state index contributed by atoms with van der Waals surface area (Å²) < 4.78 is 2.49. The van der Waals surface area contributed by atoms with Gasteiger partial charge in [-0.2, -0.15) is 5.26 Å². The van der Waals surface area contributed by atoms with E-state index in [4.69, 9.17) is 0 Å². The van der Waals surface area contributed by atoms with Crippen LogP contribution in [0.2, 0.25) is 0 Å². The van der Waals surface area contributed by atoms with Crippen molar-refractivity contribution in [1.29, 1.82) is 5.26 Å². The van der Waals surface area contributed by atoms with Gasteiger partial charge in [0.1, 0.15) is 22.4 Å². The first kappa shape index (κ1) is 20.9. The number of aryl methyl sites for hydroxylation is 1. The number of nitrogens with zero attached hydrogens (tertiary/aromatic N) is 4. The number of aromatic amines is 1. The van der Waals surface area contributed by atoms with Crippen molar-refractivity contribution in [3.8, 4) is 6.07 Å². The normalized spacial score (nSPS) is 13.0. The van der Waals surface area contributed by atoms with Gasteiger partial charge in [-0.15, -0.1) is 16.4 Å². The number of thiazole rings is 1. The van der Waals surface area contributed by atoms with E-state index in [2.05, 4.69) is 21.3 Å². The Morgan fingerprint density at radius 2 is 2.00 bits per heavy atom. The highest BCUT2D eigenvalue weighted by Gasteiger charge is 2.22. The lowest BCUT2D eigenvalue weighted by Crippen LogP contribution is -2.19. The minimum Gasteiger partial charge on any atom is -0.510 e. The van der Waals surface area contributed by atoms with E-state index in [1.165, 1.54) is 23.1 Å². The zero-order chi connectivity index (χ0) is 21.8. The summed E-state index contributed by atoms with van der Waals surface area (Å²) in [6.07, 6.45) is 0.680. The van der Waals surface area contributed by atoms with Crippen molar-refractivity contribution in [2.24, 2.45) is 0 Å². The quantitative estimate of drug-likeness (QED) is 0.246. The van der Waals surface area contributed by atoms with E-state index >= 15 is 0 Å². The van der Waals surface area contributed by atoms with Crippen LogP contribution in [0.5, 0.6) is 0 Å². The molecule has 9 heteroatoms. The fourth-order valence-electron chi connectivity index (χ4n) is 3.09. The maximum atomic E-state index is 12.2. The number of aliphatic hydroxyl groups excluding tert-OH is 1. The summed E-state index contributed by atoms with van der Waals surface area (Å²) in [4.78, 5) is 16.7. The second-order valence-electron chi connectivity index (χ2n) is 6.82. The Labute approximate surface area is 186 Å². The van der Waals surface area contributed by atoms with Crippen LogP contribution < -0.4 is 5.69 Å². The molecule has 0 fully saturated rings. The first-order valence-corrected chi connectivity index (χ1v) is 11.3. The molecule has 7 nitrogen and oxygen atoms in total. The Kier molecular flexibility index (Phi) is 6.21. The van der Waals surface area contributed by atoms with E-state index < -0.39 is 5.25 Å². The lowest BCUT2D eigenvalue weighted by molar-refractivity contribution is 0.402. The van der Waals surface area contributed by atoms with Crippen LogP contribution in [0.3, 0.4) is 0 Å². The van der Waals surface area contributed by atoms with Crippen molar-refractivity contribution in [3.05, 3.63) is 81.4 Å². The molecular weight excluding hydrogens is 430 g/mol. The number of hydrogen-bond acceptors (Lipinski definition) is 7. The van der Waals surface area contributed by atoms with Crippen LogP contribution in [0.15, 0.2) is 70.3 Å². The second kappa shape index (κ2) is 9.20. The van der Waals surface area contributed by atoms with E-state index in [0.29, 0.717) is 23.1 Å². The van der Waals surface area contributed by atoms with Crippen LogP contribution >= 0.6 is 23.1 Å². The Bertz CT molecular complexity index is 1300. The minimum atomic E-state index is -0.493. The fraction of sp³-hybridized carbons (Fsp3) is 0.182. The highest BCUT2D eigenvalue weighted by Crippen LogP contribution is 2.32. The van der Waals surface area contributed by atoms with Gasteiger partial charge in [0.15, 0.2) is 5.16 Å². The third-order valence-corrected chi connectivity index (χ3v) is 6.89. The number of allylic oxidation sites excluding steroid dienone is 1. The number of nitriles is 1. The number of fused-ring (bicyclic) bond motifs is 1. The van der Waals surface area contributed by atoms with Crippen molar-refractivity contribution in [3.63, 3.8) is 0 Å². The van der Waals surface area contributed by atoms with Gasteiger partial charge in [-0.05, 0) is 31.0 Å². The highest BCUT2D eigenvalue weighted by molar-refractivity contribution is 7.99. The van der Waals surface area contributed by atoms with Gasteiger partial charge < -0.3 is 5.11 Å². The van der Waals surface area contributed by atoms with E-state index in [0.717, 1.165) is 15.8 Å². The zero-order valence-electron chi connectivity index (χ0n) is 16.6. The summed E-state index contributed by atoms with van der Waals surface area (Å²) in [6.45, 7) is 2.23. The molecule has 4 aromatic rings. The van der Waals surface area contributed by atoms with Crippen LogP contribution in [-0.2, 0) is 13.0 Å². The van der Waals surface area contributed by atoms with Crippen molar-refractivity contribution in [1.82, 2.24) is 19.7 Å². The molecule has 2 N–H and O–H groups in total. The molecule has 2 heterocycles. The Balaban J connectivity index is 1.56. The van der Waals surface area contributed by atoms with Crippen molar-refractivity contribution >= 4 is 38.9 Å². The standard InChI is InChI=1S/C22H19N5O2S2/c1-14(19(28)16(13-23)20-24-17-9-5-6-10-18(17)31-20)30-22-26-25-21(29)27(22)12-11-15-7-3-2-4-8-15/h2-10,14,28H,11-12H2,1H3,(H,25,29)/b19-16-. The molecule has 156 valence electrons. The topological polar surface area (TPSA) is 108 Å². The average molecular weight is 450 g/mol. The SMILES string of the molecule is CC(Sc1n[nH]c(=O)n1CCc1ccccc1)/C(O)=C(\C#N)c1nc2ccccc2s1. The van der Waals surface area contributed by atoms with Crippen molar-refractivity contribution < 1.29 is 5.11 Å². The third-order valence-electron chi connectivity index (χ3n) is 4.73. The molecule has 0 bridgehead atoms. The summed E-state index contributed by atoms with van der Waals surface area (Å²) in [6, 6.07) is 19.5. The molecule has 4 rings (SSSR count). The predicted molar refractivity (Wildman–Crippen MR) is 123 cm³/mol. The smallest absolute Gasteiger partial charge is 0.343 e. The number of hydrogen-bond donors (Lipinski definition) is 2. The van der Waals surface area contributed by atoms with Gasteiger partial charge in [0.2, 0.25) is 0 Å². The van der Waals surface area contributed by atoms with Crippen LogP contribution in [0.25, 0.3) is 15.8 Å². The van der Waals surface area contributed by atoms with Crippen LogP contribution in [-0.4, -0.2) is 30.1 Å². The van der Waals surface area contributed by atoms with Gasteiger partial charge in [-0.3, -0.25) is 4.57 Å². The molecule has 1 unspecified atom stereocenters. The van der Waals surface area contributed by atoms with Crippen molar-refractivity contribution in [2.45, 2.75) is 30.3 Å². The van der Waals surface area contributed by atoms with Gasteiger partial charge in [0, 0.05) is 6.54 Å². The number of rotatable bonds is 7. The predicted octanol–water partition coefficient (Wildman–Crippen LogP) is 4.40. The molecule has 0 aliphatic rings. The number of nitrogens with one attached hydrogen (secondary N) is 1. The van der Waals surface area contributed by atoms with Crippen LogP contribution in [0, 0.1) is 11.3 Å². The van der Waals surface area contributed by atoms with Crippen LogP contribution in [0.4, 0.5) is 0 Å². The number of thioether (sulfide) groups is 1. The molecule has 0 aliphatic carbocycles.